The number of rotatable bonds is 0. The van der Waals surface area contributed by atoms with Crippen LogP contribution in [0.2, 0.25) is 0 Å². The van der Waals surface area contributed by atoms with Gasteiger partial charge in [0.1, 0.15) is 0 Å². The van der Waals surface area contributed by atoms with Gasteiger partial charge in [-0.1, -0.05) is 26.0 Å². The number of aliphatic hydroxyl groups excluding tert-OH is 1. The lowest BCUT2D eigenvalue weighted by Crippen LogP contribution is -2.29. The van der Waals surface area contributed by atoms with E-state index in [-0.39, 0.29) is 17.8 Å². The first-order chi connectivity index (χ1) is 7.61. The Morgan fingerprint density at radius 1 is 1.38 bits per heavy atom. The molecule has 3 heteroatoms. The second-order valence-electron chi connectivity index (χ2n) is 4.68. The minimum Gasteiger partial charge on any atom is -0.465 e. The van der Waals surface area contributed by atoms with Gasteiger partial charge in [-0.2, -0.15) is 0 Å². The second-order valence-corrected chi connectivity index (χ2v) is 4.68. The van der Waals surface area contributed by atoms with Crippen LogP contribution in [0.3, 0.4) is 0 Å². The molecule has 3 atom stereocenters. The third-order valence-electron chi connectivity index (χ3n) is 3.07. The fraction of sp³-hybridized carbons (Fsp3) is 0.769. The molecule has 0 radical (unpaired) electrons. The van der Waals surface area contributed by atoms with Gasteiger partial charge in [-0.3, -0.25) is 4.79 Å². The molecule has 0 fully saturated rings. The second kappa shape index (κ2) is 6.69. The fourth-order valence-electron chi connectivity index (χ4n) is 1.87. The summed E-state index contributed by atoms with van der Waals surface area (Å²) in [6.45, 7) is 4.22. The largest absolute Gasteiger partial charge is 0.465 e. The maximum atomic E-state index is 11.3. The van der Waals surface area contributed by atoms with E-state index in [1.54, 1.807) is 0 Å². The van der Waals surface area contributed by atoms with Crippen LogP contribution >= 0.6 is 0 Å². The number of hydrogen-bond acceptors (Lipinski definition) is 3. The average Bonchev–Trinajstić information content (AvgIpc) is 2.27. The third-order valence-corrected chi connectivity index (χ3v) is 3.07. The lowest BCUT2D eigenvalue weighted by atomic mass is 9.93. The molecule has 1 aliphatic heterocycles. The Balaban J connectivity index is 2.58. The van der Waals surface area contributed by atoms with Gasteiger partial charge in [0.25, 0.3) is 0 Å². The lowest BCUT2D eigenvalue weighted by Gasteiger charge is -2.23. The molecule has 3 nitrogen and oxygen atoms in total. The Kier molecular flexibility index (Phi) is 5.53. The van der Waals surface area contributed by atoms with Crippen molar-refractivity contribution in [3.63, 3.8) is 0 Å². The van der Waals surface area contributed by atoms with Crippen LogP contribution in [0, 0.1) is 11.8 Å². The minimum absolute atomic E-state index is 0.0111. The Bertz CT molecular complexity index is 248. The van der Waals surface area contributed by atoms with Crippen LogP contribution in [0.1, 0.15) is 39.5 Å². The van der Waals surface area contributed by atoms with Crippen LogP contribution in [0.5, 0.6) is 0 Å². The minimum atomic E-state index is -0.441. The average molecular weight is 226 g/mol. The van der Waals surface area contributed by atoms with Gasteiger partial charge in [0.05, 0.1) is 12.7 Å². The molecular formula is C13H22O3. The number of cyclic esters (lactones) is 1. The fourth-order valence-corrected chi connectivity index (χ4v) is 1.87. The maximum absolute atomic E-state index is 11.3. The van der Waals surface area contributed by atoms with E-state index in [4.69, 9.17) is 4.74 Å². The van der Waals surface area contributed by atoms with Gasteiger partial charge in [-0.05, 0) is 19.3 Å². The van der Waals surface area contributed by atoms with Crippen molar-refractivity contribution in [1.82, 2.24) is 0 Å². The molecule has 0 aliphatic carbocycles. The summed E-state index contributed by atoms with van der Waals surface area (Å²) >= 11 is 0. The van der Waals surface area contributed by atoms with E-state index in [2.05, 4.69) is 12.2 Å². The van der Waals surface area contributed by atoms with E-state index in [1.165, 1.54) is 0 Å². The first-order valence-corrected chi connectivity index (χ1v) is 6.11. The molecule has 0 amide bonds. The first-order valence-electron chi connectivity index (χ1n) is 6.11. The van der Waals surface area contributed by atoms with Gasteiger partial charge in [0.15, 0.2) is 0 Å². The van der Waals surface area contributed by atoms with E-state index in [1.807, 2.05) is 13.8 Å². The molecule has 1 rings (SSSR count). The predicted octanol–water partition coefficient (Wildman–Crippen LogP) is 2.29. The number of allylic oxidation sites excluding steroid dienone is 1. The van der Waals surface area contributed by atoms with Crippen molar-refractivity contribution in [1.29, 1.82) is 0 Å². The van der Waals surface area contributed by atoms with Crippen molar-refractivity contribution < 1.29 is 14.6 Å². The normalized spacial score (nSPS) is 35.7. The SMILES string of the molecule is C[C@@H]1COC(=O)CCCC/C=C\[C@H](C)[C@H]1O. The molecule has 0 spiro atoms. The van der Waals surface area contributed by atoms with Crippen molar-refractivity contribution in [2.75, 3.05) is 6.61 Å². The summed E-state index contributed by atoms with van der Waals surface area (Å²) in [5.74, 6) is -0.0348. The number of carbonyl (C=O) groups excluding carboxylic acids is 1. The van der Waals surface area contributed by atoms with Crippen molar-refractivity contribution >= 4 is 5.97 Å². The van der Waals surface area contributed by atoms with Gasteiger partial charge < -0.3 is 9.84 Å². The predicted molar refractivity (Wildman–Crippen MR) is 62.9 cm³/mol. The van der Waals surface area contributed by atoms with Gasteiger partial charge in [-0.15, -0.1) is 0 Å². The van der Waals surface area contributed by atoms with Crippen molar-refractivity contribution in [2.24, 2.45) is 11.8 Å². The summed E-state index contributed by atoms with van der Waals surface area (Å²) in [6.07, 6.45) is 7.07. The molecule has 0 aromatic rings. The van der Waals surface area contributed by atoms with Gasteiger partial charge >= 0.3 is 5.97 Å². The summed E-state index contributed by atoms with van der Waals surface area (Å²) in [4.78, 5) is 11.3. The van der Waals surface area contributed by atoms with Crippen LogP contribution in [-0.4, -0.2) is 23.8 Å². The van der Waals surface area contributed by atoms with E-state index < -0.39 is 6.10 Å². The molecule has 92 valence electrons. The lowest BCUT2D eigenvalue weighted by molar-refractivity contribution is -0.146. The molecule has 1 aliphatic rings. The van der Waals surface area contributed by atoms with Crippen molar-refractivity contribution in [2.45, 2.75) is 45.6 Å². The highest BCUT2D eigenvalue weighted by molar-refractivity contribution is 5.69. The summed E-state index contributed by atoms with van der Waals surface area (Å²) in [5, 5.41) is 9.97. The van der Waals surface area contributed by atoms with Crippen molar-refractivity contribution in [3.8, 4) is 0 Å². The highest BCUT2D eigenvalue weighted by Gasteiger charge is 2.20. The highest BCUT2D eigenvalue weighted by atomic mass is 16.5. The molecule has 0 saturated carbocycles. The Morgan fingerprint density at radius 2 is 2.12 bits per heavy atom. The molecule has 0 unspecified atom stereocenters. The van der Waals surface area contributed by atoms with Gasteiger partial charge in [0.2, 0.25) is 0 Å². The van der Waals surface area contributed by atoms with Crippen LogP contribution in [0.4, 0.5) is 0 Å². The topological polar surface area (TPSA) is 46.5 Å². The quantitative estimate of drug-likeness (QED) is 0.509. The molecule has 1 heterocycles. The van der Waals surface area contributed by atoms with Crippen molar-refractivity contribution in [3.05, 3.63) is 12.2 Å². The molecule has 0 aromatic carbocycles. The molecule has 0 aromatic heterocycles. The highest BCUT2D eigenvalue weighted by Crippen LogP contribution is 2.17. The zero-order valence-electron chi connectivity index (χ0n) is 10.2. The Morgan fingerprint density at radius 3 is 2.88 bits per heavy atom. The summed E-state index contributed by atoms with van der Waals surface area (Å²) in [6, 6.07) is 0. The zero-order chi connectivity index (χ0) is 12.0. The van der Waals surface area contributed by atoms with Gasteiger partial charge in [0, 0.05) is 18.3 Å². The molecule has 0 bridgehead atoms. The number of carbonyl (C=O) groups is 1. The number of esters is 1. The molecule has 1 N–H and O–H groups in total. The summed E-state index contributed by atoms with van der Waals surface area (Å²) < 4.78 is 5.12. The standard InChI is InChI=1S/C13H22O3/c1-10-7-5-3-4-6-8-12(14)16-9-11(2)13(10)15/h5,7,10-11,13,15H,3-4,6,8-9H2,1-2H3/b7-5-/t10-,11+,13+/m0/s1. The van der Waals surface area contributed by atoms with Crippen LogP contribution < -0.4 is 0 Å². The number of ether oxygens (including phenoxy) is 1. The first kappa shape index (κ1) is 13.2. The monoisotopic (exact) mass is 226 g/mol. The van der Waals surface area contributed by atoms with Crippen LogP contribution in [-0.2, 0) is 9.53 Å². The Hall–Kier alpha value is -0.830. The van der Waals surface area contributed by atoms with E-state index >= 15 is 0 Å². The van der Waals surface area contributed by atoms with Gasteiger partial charge in [-0.25, -0.2) is 0 Å². The van der Waals surface area contributed by atoms with E-state index in [0.29, 0.717) is 13.0 Å². The van der Waals surface area contributed by atoms with E-state index in [9.17, 15) is 9.90 Å². The van der Waals surface area contributed by atoms with E-state index in [0.717, 1.165) is 19.3 Å². The summed E-state index contributed by atoms with van der Waals surface area (Å²) in [7, 11) is 0. The Labute approximate surface area is 97.5 Å². The maximum Gasteiger partial charge on any atom is 0.305 e. The molecule has 0 saturated heterocycles. The number of hydrogen-bond donors (Lipinski definition) is 1. The number of aliphatic hydroxyl groups is 1. The van der Waals surface area contributed by atoms with Crippen LogP contribution in [0.15, 0.2) is 12.2 Å². The zero-order valence-corrected chi connectivity index (χ0v) is 10.2. The smallest absolute Gasteiger partial charge is 0.305 e. The van der Waals surface area contributed by atoms with Crippen LogP contribution in [0.25, 0.3) is 0 Å². The molecule has 16 heavy (non-hydrogen) atoms. The summed E-state index contributed by atoms with van der Waals surface area (Å²) in [5.41, 5.74) is 0. The third kappa shape index (κ3) is 4.35. The molecular weight excluding hydrogens is 204 g/mol.